The van der Waals surface area contributed by atoms with Gasteiger partial charge in [-0.2, -0.15) is 0 Å². The second-order valence-corrected chi connectivity index (χ2v) is 8.16. The van der Waals surface area contributed by atoms with Crippen molar-refractivity contribution in [3.63, 3.8) is 0 Å². The number of amides is 1. The summed E-state index contributed by atoms with van der Waals surface area (Å²) >= 11 is 3.32. The normalized spacial score (nSPS) is 11.2. The number of rotatable bonds is 7. The van der Waals surface area contributed by atoms with Crippen LogP contribution in [0.15, 0.2) is 53.0 Å². The summed E-state index contributed by atoms with van der Waals surface area (Å²) < 4.78 is 31.0. The molecule has 1 amide bonds. The van der Waals surface area contributed by atoms with Crippen LogP contribution in [-0.2, 0) is 26.2 Å². The number of carbonyl (C=O) groups excluding carboxylic acids is 1. The third kappa shape index (κ3) is 5.55. The van der Waals surface area contributed by atoms with E-state index in [-0.39, 0.29) is 6.54 Å². The molecule has 6 nitrogen and oxygen atoms in total. The van der Waals surface area contributed by atoms with Gasteiger partial charge in [0.05, 0.1) is 18.6 Å². The monoisotopic (exact) mass is 426 g/mol. The molecule has 0 bridgehead atoms. The fraction of sp³-hybridized carbons (Fsp3) is 0.235. The maximum Gasteiger partial charge on any atom is 0.245 e. The number of nitrogens with one attached hydrogen (secondary N) is 1. The molecule has 0 radical (unpaired) electrons. The van der Waals surface area contributed by atoms with E-state index in [9.17, 15) is 13.2 Å². The van der Waals surface area contributed by atoms with Crippen molar-refractivity contribution in [1.82, 2.24) is 0 Å². The van der Waals surface area contributed by atoms with Crippen LogP contribution in [0.2, 0.25) is 0 Å². The summed E-state index contributed by atoms with van der Waals surface area (Å²) in [5.74, 6) is -0.434. The minimum atomic E-state index is -3.62. The zero-order chi connectivity index (χ0) is 18.4. The summed E-state index contributed by atoms with van der Waals surface area (Å²) in [4.78, 5) is 12.4. The Morgan fingerprint density at radius 1 is 1.20 bits per heavy atom. The highest BCUT2D eigenvalue weighted by molar-refractivity contribution is 9.10. The predicted octanol–water partition coefficient (Wildman–Crippen LogP) is 3.00. The topological polar surface area (TPSA) is 75.7 Å². The first-order valence-electron chi connectivity index (χ1n) is 7.41. The van der Waals surface area contributed by atoms with Gasteiger partial charge in [0.1, 0.15) is 6.54 Å². The Morgan fingerprint density at radius 2 is 1.92 bits per heavy atom. The highest BCUT2D eigenvalue weighted by atomic mass is 79.9. The Balaban J connectivity index is 2.18. The van der Waals surface area contributed by atoms with Crippen LogP contribution in [0.4, 0.5) is 11.4 Å². The number of hydrogen-bond acceptors (Lipinski definition) is 4. The summed E-state index contributed by atoms with van der Waals surface area (Å²) in [6, 6.07) is 14.0. The molecule has 0 heterocycles. The number of para-hydroxylation sites is 1. The molecule has 134 valence electrons. The molecule has 2 aromatic rings. The SMILES string of the molecule is COCc1cccc(NC(=O)CN(c2ccccc2Br)S(C)(=O)=O)c1. The van der Waals surface area contributed by atoms with E-state index in [4.69, 9.17) is 4.74 Å². The molecule has 0 aromatic heterocycles. The van der Waals surface area contributed by atoms with Gasteiger partial charge in [-0.05, 0) is 45.8 Å². The molecule has 0 aliphatic carbocycles. The largest absolute Gasteiger partial charge is 0.380 e. The quantitative estimate of drug-likeness (QED) is 0.737. The van der Waals surface area contributed by atoms with Crippen LogP contribution in [0.1, 0.15) is 5.56 Å². The van der Waals surface area contributed by atoms with Gasteiger partial charge in [0.15, 0.2) is 0 Å². The Kier molecular flexibility index (Phi) is 6.57. The summed E-state index contributed by atoms with van der Waals surface area (Å²) in [6.45, 7) is 0.103. The molecule has 2 rings (SSSR count). The molecule has 0 aliphatic heterocycles. The van der Waals surface area contributed by atoms with Crippen LogP contribution in [0.3, 0.4) is 0 Å². The molecule has 0 aliphatic rings. The van der Waals surface area contributed by atoms with E-state index in [0.29, 0.717) is 22.5 Å². The zero-order valence-corrected chi connectivity index (χ0v) is 16.3. The predicted molar refractivity (Wildman–Crippen MR) is 102 cm³/mol. The Labute approximate surface area is 156 Å². The second kappa shape index (κ2) is 8.46. The number of methoxy groups -OCH3 is 1. The number of sulfonamides is 1. The van der Waals surface area contributed by atoms with Gasteiger partial charge in [-0.3, -0.25) is 9.10 Å². The van der Waals surface area contributed by atoms with Crippen LogP contribution < -0.4 is 9.62 Å². The van der Waals surface area contributed by atoms with Gasteiger partial charge in [-0.15, -0.1) is 0 Å². The summed E-state index contributed by atoms with van der Waals surface area (Å²) in [6.07, 6.45) is 1.07. The highest BCUT2D eigenvalue weighted by Gasteiger charge is 2.22. The minimum absolute atomic E-state index is 0.323. The number of nitrogens with zero attached hydrogens (tertiary/aromatic N) is 1. The van der Waals surface area contributed by atoms with Gasteiger partial charge < -0.3 is 10.1 Å². The van der Waals surface area contributed by atoms with Crippen molar-refractivity contribution in [1.29, 1.82) is 0 Å². The third-order valence-corrected chi connectivity index (χ3v) is 5.13. The van der Waals surface area contributed by atoms with Crippen molar-refractivity contribution in [2.75, 3.05) is 29.5 Å². The van der Waals surface area contributed by atoms with Crippen molar-refractivity contribution < 1.29 is 17.9 Å². The Morgan fingerprint density at radius 3 is 2.56 bits per heavy atom. The maximum atomic E-state index is 12.4. The molecular formula is C17H19BrN2O4S. The molecule has 0 spiro atoms. The number of benzene rings is 2. The number of anilines is 2. The van der Waals surface area contributed by atoms with Crippen LogP contribution in [-0.4, -0.2) is 34.2 Å². The Hall–Kier alpha value is -1.90. The van der Waals surface area contributed by atoms with E-state index < -0.39 is 15.9 Å². The van der Waals surface area contributed by atoms with Crippen molar-refractivity contribution in [3.05, 3.63) is 58.6 Å². The molecule has 0 saturated heterocycles. The second-order valence-electron chi connectivity index (χ2n) is 5.40. The van der Waals surface area contributed by atoms with Crippen molar-refractivity contribution in [2.24, 2.45) is 0 Å². The molecule has 25 heavy (non-hydrogen) atoms. The van der Waals surface area contributed by atoms with Gasteiger partial charge in [0, 0.05) is 17.3 Å². The molecule has 0 unspecified atom stereocenters. The fourth-order valence-electron chi connectivity index (χ4n) is 2.27. The van der Waals surface area contributed by atoms with E-state index in [0.717, 1.165) is 16.1 Å². The van der Waals surface area contributed by atoms with E-state index in [2.05, 4.69) is 21.2 Å². The fourth-order valence-corrected chi connectivity index (χ4v) is 3.76. The average molecular weight is 427 g/mol. The molecule has 0 fully saturated rings. The van der Waals surface area contributed by atoms with Crippen molar-refractivity contribution in [3.8, 4) is 0 Å². The zero-order valence-electron chi connectivity index (χ0n) is 13.9. The van der Waals surface area contributed by atoms with E-state index >= 15 is 0 Å². The number of halogens is 1. The first kappa shape index (κ1) is 19.4. The van der Waals surface area contributed by atoms with Crippen LogP contribution >= 0.6 is 15.9 Å². The molecule has 1 N–H and O–H groups in total. The first-order chi connectivity index (χ1) is 11.8. The van der Waals surface area contributed by atoms with Crippen molar-refractivity contribution >= 4 is 43.2 Å². The van der Waals surface area contributed by atoms with Crippen molar-refractivity contribution in [2.45, 2.75) is 6.61 Å². The van der Waals surface area contributed by atoms with Gasteiger partial charge >= 0.3 is 0 Å². The standard InChI is InChI=1S/C17H19BrN2O4S/c1-24-12-13-6-5-7-14(10-13)19-17(21)11-20(25(2,22)23)16-9-4-3-8-15(16)18/h3-10H,11-12H2,1-2H3,(H,19,21). The minimum Gasteiger partial charge on any atom is -0.380 e. The molecule has 0 atom stereocenters. The number of hydrogen-bond donors (Lipinski definition) is 1. The lowest BCUT2D eigenvalue weighted by molar-refractivity contribution is -0.114. The maximum absolute atomic E-state index is 12.4. The summed E-state index contributed by atoms with van der Waals surface area (Å²) in [5.41, 5.74) is 1.90. The van der Waals surface area contributed by atoms with E-state index in [1.807, 2.05) is 6.07 Å². The van der Waals surface area contributed by atoms with Gasteiger partial charge in [-0.25, -0.2) is 8.42 Å². The van der Waals surface area contributed by atoms with Crippen LogP contribution in [0.25, 0.3) is 0 Å². The molecule has 0 saturated carbocycles. The first-order valence-corrected chi connectivity index (χ1v) is 10.1. The van der Waals surface area contributed by atoms with E-state index in [1.165, 1.54) is 0 Å². The lowest BCUT2D eigenvalue weighted by atomic mass is 10.2. The lowest BCUT2D eigenvalue weighted by Crippen LogP contribution is -2.37. The number of carbonyl (C=O) groups is 1. The Bertz CT molecular complexity index is 855. The van der Waals surface area contributed by atoms with Gasteiger partial charge in [0.25, 0.3) is 0 Å². The van der Waals surface area contributed by atoms with Crippen LogP contribution in [0, 0.1) is 0 Å². The smallest absolute Gasteiger partial charge is 0.245 e. The average Bonchev–Trinajstić information content (AvgIpc) is 2.53. The molecular weight excluding hydrogens is 408 g/mol. The van der Waals surface area contributed by atoms with Gasteiger partial charge in [0.2, 0.25) is 15.9 Å². The van der Waals surface area contributed by atoms with Crippen LogP contribution in [0.5, 0.6) is 0 Å². The summed E-state index contributed by atoms with van der Waals surface area (Å²) in [7, 11) is -2.03. The molecule has 2 aromatic carbocycles. The van der Waals surface area contributed by atoms with E-state index in [1.54, 1.807) is 49.6 Å². The molecule has 8 heteroatoms. The van der Waals surface area contributed by atoms with Gasteiger partial charge in [-0.1, -0.05) is 24.3 Å². The number of ether oxygens (including phenoxy) is 1. The third-order valence-electron chi connectivity index (χ3n) is 3.33. The highest BCUT2D eigenvalue weighted by Crippen LogP contribution is 2.27. The summed E-state index contributed by atoms with van der Waals surface area (Å²) in [5, 5.41) is 2.72. The lowest BCUT2D eigenvalue weighted by Gasteiger charge is -2.23.